The van der Waals surface area contributed by atoms with E-state index in [0.717, 1.165) is 17.3 Å². The Morgan fingerprint density at radius 2 is 2.10 bits per heavy atom. The summed E-state index contributed by atoms with van der Waals surface area (Å²) in [6, 6.07) is 7.21. The molecule has 1 aromatic carbocycles. The molecular formula is C15H20BrNO4. The molecule has 0 bridgehead atoms. The van der Waals surface area contributed by atoms with Gasteiger partial charge in [0, 0.05) is 10.5 Å². The van der Waals surface area contributed by atoms with Crippen molar-refractivity contribution in [2.45, 2.75) is 32.7 Å². The van der Waals surface area contributed by atoms with Gasteiger partial charge >= 0.3 is 5.97 Å². The summed E-state index contributed by atoms with van der Waals surface area (Å²) in [5.41, 5.74) is 0. The van der Waals surface area contributed by atoms with E-state index in [-0.39, 0.29) is 25.2 Å². The lowest BCUT2D eigenvalue weighted by atomic mass is 10.2. The van der Waals surface area contributed by atoms with Crippen LogP contribution in [-0.2, 0) is 14.3 Å². The quantitative estimate of drug-likeness (QED) is 0.726. The average Bonchev–Trinajstić information content (AvgIpc) is 2.43. The standard InChI is InChI=1S/C15H20BrNO4/c1-3-5-11(2)17-14(18)9-21-15(19)10-20-13-7-4-6-12(16)8-13/h4,6-8,11H,3,5,9-10H2,1-2H3,(H,17,18)/t11-/m1/s1. The molecule has 0 fully saturated rings. The van der Waals surface area contributed by atoms with Crippen molar-refractivity contribution < 1.29 is 19.1 Å². The van der Waals surface area contributed by atoms with Crippen molar-refractivity contribution in [2.24, 2.45) is 0 Å². The third kappa shape index (κ3) is 7.70. The van der Waals surface area contributed by atoms with Crippen molar-refractivity contribution in [3.8, 4) is 5.75 Å². The molecule has 0 aliphatic rings. The predicted molar refractivity (Wildman–Crippen MR) is 83.1 cm³/mol. The first-order valence-corrected chi connectivity index (χ1v) is 7.64. The Labute approximate surface area is 133 Å². The van der Waals surface area contributed by atoms with Crippen molar-refractivity contribution in [1.29, 1.82) is 0 Å². The molecule has 0 saturated heterocycles. The maximum Gasteiger partial charge on any atom is 0.344 e. The molecule has 0 unspecified atom stereocenters. The van der Waals surface area contributed by atoms with Crippen LogP contribution in [0.25, 0.3) is 0 Å². The van der Waals surface area contributed by atoms with Crippen molar-refractivity contribution in [3.05, 3.63) is 28.7 Å². The molecular weight excluding hydrogens is 338 g/mol. The maximum absolute atomic E-state index is 11.5. The number of hydrogen-bond acceptors (Lipinski definition) is 4. The normalized spacial score (nSPS) is 11.6. The summed E-state index contributed by atoms with van der Waals surface area (Å²) >= 11 is 3.31. The van der Waals surface area contributed by atoms with Gasteiger partial charge in [0.1, 0.15) is 5.75 Å². The van der Waals surface area contributed by atoms with Gasteiger partial charge in [-0.1, -0.05) is 35.3 Å². The number of nitrogens with one attached hydrogen (secondary N) is 1. The third-order valence-corrected chi connectivity index (χ3v) is 3.14. The molecule has 1 rings (SSSR count). The summed E-state index contributed by atoms with van der Waals surface area (Å²) in [5.74, 6) is -0.317. The van der Waals surface area contributed by atoms with Gasteiger partial charge in [-0.3, -0.25) is 4.79 Å². The van der Waals surface area contributed by atoms with Crippen LogP contribution in [0.3, 0.4) is 0 Å². The molecule has 0 aromatic heterocycles. The highest BCUT2D eigenvalue weighted by Gasteiger charge is 2.10. The lowest BCUT2D eigenvalue weighted by Crippen LogP contribution is -2.36. The third-order valence-electron chi connectivity index (χ3n) is 2.65. The Kier molecular flexibility index (Phi) is 7.82. The van der Waals surface area contributed by atoms with Gasteiger partial charge in [0.25, 0.3) is 5.91 Å². The SMILES string of the molecule is CCC[C@@H](C)NC(=O)COC(=O)COc1cccc(Br)c1. The highest BCUT2D eigenvalue weighted by Crippen LogP contribution is 2.17. The van der Waals surface area contributed by atoms with Crippen LogP contribution in [-0.4, -0.2) is 31.1 Å². The molecule has 0 spiro atoms. The van der Waals surface area contributed by atoms with Crippen LogP contribution < -0.4 is 10.1 Å². The monoisotopic (exact) mass is 357 g/mol. The van der Waals surface area contributed by atoms with E-state index >= 15 is 0 Å². The first-order valence-electron chi connectivity index (χ1n) is 6.84. The number of rotatable bonds is 8. The summed E-state index contributed by atoms with van der Waals surface area (Å²) in [6.07, 6.45) is 1.88. The zero-order valence-electron chi connectivity index (χ0n) is 12.2. The summed E-state index contributed by atoms with van der Waals surface area (Å²) in [4.78, 5) is 23.0. The van der Waals surface area contributed by atoms with E-state index < -0.39 is 5.97 Å². The van der Waals surface area contributed by atoms with Crippen molar-refractivity contribution in [2.75, 3.05) is 13.2 Å². The van der Waals surface area contributed by atoms with E-state index in [2.05, 4.69) is 21.2 Å². The molecule has 1 aromatic rings. The minimum atomic E-state index is -0.576. The van der Waals surface area contributed by atoms with E-state index in [4.69, 9.17) is 9.47 Å². The number of hydrogen-bond donors (Lipinski definition) is 1. The maximum atomic E-state index is 11.5. The molecule has 0 aliphatic heterocycles. The number of ether oxygens (including phenoxy) is 2. The molecule has 1 amide bonds. The summed E-state index contributed by atoms with van der Waals surface area (Å²) < 4.78 is 11.0. The molecule has 1 N–H and O–H groups in total. The van der Waals surface area contributed by atoms with Gasteiger partial charge in [-0.2, -0.15) is 0 Å². The van der Waals surface area contributed by atoms with E-state index in [0.29, 0.717) is 5.75 Å². The number of carbonyl (C=O) groups is 2. The zero-order chi connectivity index (χ0) is 15.7. The Bertz CT molecular complexity index is 478. The second-order valence-corrected chi connectivity index (χ2v) is 5.58. The fourth-order valence-corrected chi connectivity index (χ4v) is 2.09. The second-order valence-electron chi connectivity index (χ2n) is 4.66. The van der Waals surface area contributed by atoms with Gasteiger partial charge in [-0.25, -0.2) is 4.79 Å². The van der Waals surface area contributed by atoms with Crippen LogP contribution in [0.15, 0.2) is 28.7 Å². The lowest BCUT2D eigenvalue weighted by molar-refractivity contribution is -0.150. The minimum absolute atomic E-state index is 0.0825. The topological polar surface area (TPSA) is 64.6 Å². The zero-order valence-corrected chi connectivity index (χ0v) is 13.8. The number of halogens is 1. The van der Waals surface area contributed by atoms with E-state index in [1.165, 1.54) is 0 Å². The predicted octanol–water partition coefficient (Wildman–Crippen LogP) is 2.68. The molecule has 6 heteroatoms. The minimum Gasteiger partial charge on any atom is -0.482 e. The van der Waals surface area contributed by atoms with Crippen LogP contribution in [0.4, 0.5) is 0 Å². The molecule has 5 nitrogen and oxygen atoms in total. The highest BCUT2D eigenvalue weighted by atomic mass is 79.9. The number of esters is 1. The first-order chi connectivity index (χ1) is 10.0. The molecule has 116 valence electrons. The second kappa shape index (κ2) is 9.39. The van der Waals surface area contributed by atoms with Crippen LogP contribution >= 0.6 is 15.9 Å². The Hall–Kier alpha value is -1.56. The van der Waals surface area contributed by atoms with E-state index in [9.17, 15) is 9.59 Å². The van der Waals surface area contributed by atoms with Crippen LogP contribution in [0, 0.1) is 0 Å². The molecule has 1 atom stereocenters. The van der Waals surface area contributed by atoms with Crippen molar-refractivity contribution in [1.82, 2.24) is 5.32 Å². The molecule has 0 saturated carbocycles. The number of benzene rings is 1. The summed E-state index contributed by atoms with van der Waals surface area (Å²) in [5, 5.41) is 2.75. The van der Waals surface area contributed by atoms with Gasteiger partial charge < -0.3 is 14.8 Å². The van der Waals surface area contributed by atoms with Gasteiger partial charge in [-0.05, 0) is 31.5 Å². The van der Waals surface area contributed by atoms with Crippen molar-refractivity contribution >= 4 is 27.8 Å². The summed E-state index contributed by atoms with van der Waals surface area (Å²) in [7, 11) is 0. The fourth-order valence-electron chi connectivity index (χ4n) is 1.71. The Morgan fingerprint density at radius 1 is 1.33 bits per heavy atom. The molecule has 0 radical (unpaired) electrons. The molecule has 0 heterocycles. The number of carbonyl (C=O) groups excluding carboxylic acids is 2. The van der Waals surface area contributed by atoms with Gasteiger partial charge in [0.2, 0.25) is 0 Å². The van der Waals surface area contributed by atoms with E-state index in [1.807, 2.05) is 19.9 Å². The van der Waals surface area contributed by atoms with Crippen LogP contribution in [0.2, 0.25) is 0 Å². The molecule has 0 aliphatic carbocycles. The fraction of sp³-hybridized carbons (Fsp3) is 0.467. The van der Waals surface area contributed by atoms with Crippen molar-refractivity contribution in [3.63, 3.8) is 0 Å². The Morgan fingerprint density at radius 3 is 2.76 bits per heavy atom. The smallest absolute Gasteiger partial charge is 0.344 e. The average molecular weight is 358 g/mol. The van der Waals surface area contributed by atoms with Crippen LogP contribution in [0.1, 0.15) is 26.7 Å². The van der Waals surface area contributed by atoms with E-state index in [1.54, 1.807) is 18.2 Å². The van der Waals surface area contributed by atoms with Crippen LogP contribution in [0.5, 0.6) is 5.75 Å². The van der Waals surface area contributed by atoms with Gasteiger partial charge in [-0.15, -0.1) is 0 Å². The Balaban J connectivity index is 2.23. The molecule has 21 heavy (non-hydrogen) atoms. The summed E-state index contributed by atoms with van der Waals surface area (Å²) in [6.45, 7) is 3.45. The highest BCUT2D eigenvalue weighted by molar-refractivity contribution is 9.10. The van der Waals surface area contributed by atoms with Gasteiger partial charge in [0.05, 0.1) is 0 Å². The largest absolute Gasteiger partial charge is 0.482 e. The lowest BCUT2D eigenvalue weighted by Gasteiger charge is -2.12. The first kappa shape index (κ1) is 17.5. The van der Waals surface area contributed by atoms with Gasteiger partial charge in [0.15, 0.2) is 13.2 Å². The number of amides is 1.